The Bertz CT molecular complexity index is 567. The zero-order valence-corrected chi connectivity index (χ0v) is 12.7. The van der Waals surface area contributed by atoms with Crippen LogP contribution in [0.25, 0.3) is 0 Å². The molecule has 0 saturated heterocycles. The fourth-order valence-electron chi connectivity index (χ4n) is 2.04. The van der Waals surface area contributed by atoms with Gasteiger partial charge in [-0.1, -0.05) is 26.0 Å². The molecule has 1 aromatic carbocycles. The van der Waals surface area contributed by atoms with Crippen LogP contribution < -0.4 is 10.0 Å². The summed E-state index contributed by atoms with van der Waals surface area (Å²) in [4.78, 5) is 0.342. The maximum atomic E-state index is 12.3. The highest BCUT2D eigenvalue weighted by atomic mass is 32.2. The molecular formula is C14H22N2O2S. The topological polar surface area (TPSA) is 58.2 Å². The Morgan fingerprint density at radius 1 is 1.37 bits per heavy atom. The van der Waals surface area contributed by atoms with Crippen molar-refractivity contribution in [3.63, 3.8) is 0 Å². The van der Waals surface area contributed by atoms with E-state index in [1.54, 1.807) is 18.2 Å². The van der Waals surface area contributed by atoms with Gasteiger partial charge >= 0.3 is 0 Å². The van der Waals surface area contributed by atoms with Gasteiger partial charge in [-0.15, -0.1) is 0 Å². The molecule has 1 saturated carbocycles. The van der Waals surface area contributed by atoms with Gasteiger partial charge in [0.25, 0.3) is 0 Å². The summed E-state index contributed by atoms with van der Waals surface area (Å²) >= 11 is 0. The van der Waals surface area contributed by atoms with E-state index >= 15 is 0 Å². The minimum absolute atomic E-state index is 0.0582. The summed E-state index contributed by atoms with van der Waals surface area (Å²) in [5.74, 6) is 0. The Kier molecular flexibility index (Phi) is 3.73. The van der Waals surface area contributed by atoms with E-state index < -0.39 is 10.0 Å². The van der Waals surface area contributed by atoms with Crippen molar-refractivity contribution in [3.05, 3.63) is 29.8 Å². The molecule has 5 heteroatoms. The Hall–Kier alpha value is -0.910. The van der Waals surface area contributed by atoms with Crippen LogP contribution in [0.4, 0.5) is 0 Å². The van der Waals surface area contributed by atoms with Crippen LogP contribution in [-0.4, -0.2) is 21.5 Å². The van der Waals surface area contributed by atoms with Gasteiger partial charge in [0.05, 0.1) is 4.90 Å². The summed E-state index contributed by atoms with van der Waals surface area (Å²) < 4.78 is 27.4. The first-order valence-corrected chi connectivity index (χ1v) is 8.04. The molecule has 1 fully saturated rings. The molecule has 0 aliphatic heterocycles. The first kappa shape index (κ1) is 14.5. The number of benzene rings is 1. The highest BCUT2D eigenvalue weighted by molar-refractivity contribution is 7.89. The molecule has 1 aromatic rings. The van der Waals surface area contributed by atoms with Gasteiger partial charge in [0.1, 0.15) is 0 Å². The van der Waals surface area contributed by atoms with E-state index in [9.17, 15) is 8.42 Å². The van der Waals surface area contributed by atoms with Gasteiger partial charge < -0.3 is 5.32 Å². The van der Waals surface area contributed by atoms with E-state index in [0.717, 1.165) is 12.0 Å². The van der Waals surface area contributed by atoms with Crippen molar-refractivity contribution in [1.82, 2.24) is 10.0 Å². The summed E-state index contributed by atoms with van der Waals surface area (Å²) in [5.41, 5.74) is 1.06. The zero-order chi connectivity index (χ0) is 14.3. The van der Waals surface area contributed by atoms with Crippen molar-refractivity contribution in [1.29, 1.82) is 0 Å². The normalized spacial score (nSPS) is 23.1. The zero-order valence-electron chi connectivity index (χ0n) is 11.9. The van der Waals surface area contributed by atoms with Crippen LogP contribution in [0.1, 0.15) is 38.8 Å². The van der Waals surface area contributed by atoms with Crippen LogP contribution in [-0.2, 0) is 10.0 Å². The molecule has 0 amide bonds. The molecule has 2 N–H and O–H groups in total. The van der Waals surface area contributed by atoms with Crippen LogP contribution in [0.15, 0.2) is 29.2 Å². The fourth-order valence-corrected chi connectivity index (χ4v) is 3.50. The van der Waals surface area contributed by atoms with E-state index in [0.29, 0.717) is 4.90 Å². The summed E-state index contributed by atoms with van der Waals surface area (Å²) in [6, 6.07) is 7.29. The lowest BCUT2D eigenvalue weighted by Gasteiger charge is -2.13. The fraction of sp³-hybridized carbons (Fsp3) is 0.571. The van der Waals surface area contributed by atoms with Crippen LogP contribution in [0.2, 0.25) is 0 Å². The smallest absolute Gasteiger partial charge is 0.240 e. The molecule has 4 nitrogen and oxygen atoms in total. The second-order valence-electron chi connectivity index (χ2n) is 5.95. The van der Waals surface area contributed by atoms with E-state index in [2.05, 4.69) is 23.9 Å². The van der Waals surface area contributed by atoms with Gasteiger partial charge in [0.2, 0.25) is 10.0 Å². The number of sulfonamides is 1. The van der Waals surface area contributed by atoms with Crippen LogP contribution in [0, 0.1) is 5.41 Å². The number of hydrogen-bond donors (Lipinski definition) is 2. The lowest BCUT2D eigenvalue weighted by molar-refractivity contribution is 0.554. The Balaban J connectivity index is 2.21. The SMILES string of the molecule is CNC(C)c1cccc(S(=O)(=O)NC2CC2(C)C)c1. The minimum atomic E-state index is -3.41. The molecule has 106 valence electrons. The first-order valence-electron chi connectivity index (χ1n) is 6.56. The maximum absolute atomic E-state index is 12.3. The highest BCUT2D eigenvalue weighted by Gasteiger charge is 2.47. The second-order valence-corrected chi connectivity index (χ2v) is 7.66. The molecule has 2 rings (SSSR count). The summed E-state index contributed by atoms with van der Waals surface area (Å²) in [7, 11) is -1.55. The third-order valence-electron chi connectivity index (χ3n) is 3.91. The molecule has 0 heterocycles. The molecule has 0 radical (unpaired) electrons. The first-order chi connectivity index (χ1) is 8.76. The molecule has 0 spiro atoms. The Labute approximate surface area is 115 Å². The molecule has 2 unspecified atom stereocenters. The average Bonchev–Trinajstić information content (AvgIpc) is 2.94. The lowest BCUT2D eigenvalue weighted by Crippen LogP contribution is -2.28. The molecule has 0 aromatic heterocycles. The highest BCUT2D eigenvalue weighted by Crippen LogP contribution is 2.45. The third-order valence-corrected chi connectivity index (χ3v) is 5.38. The quantitative estimate of drug-likeness (QED) is 0.869. The van der Waals surface area contributed by atoms with Crippen molar-refractivity contribution in [2.45, 2.75) is 44.2 Å². The van der Waals surface area contributed by atoms with E-state index in [-0.39, 0.29) is 17.5 Å². The molecular weight excluding hydrogens is 260 g/mol. The molecule has 1 aliphatic carbocycles. The monoisotopic (exact) mass is 282 g/mol. The van der Waals surface area contributed by atoms with Gasteiger partial charge in [-0.3, -0.25) is 0 Å². The summed E-state index contributed by atoms with van der Waals surface area (Å²) in [6.07, 6.45) is 0.902. The standard InChI is InChI=1S/C14H22N2O2S/c1-10(15-4)11-6-5-7-12(8-11)19(17,18)16-13-9-14(13,2)3/h5-8,10,13,15-16H,9H2,1-4H3. The largest absolute Gasteiger partial charge is 0.313 e. The van der Waals surface area contributed by atoms with Gasteiger partial charge in [-0.2, -0.15) is 0 Å². The van der Waals surface area contributed by atoms with E-state index in [1.807, 2.05) is 20.0 Å². The van der Waals surface area contributed by atoms with Crippen LogP contribution in [0.3, 0.4) is 0 Å². The second kappa shape index (κ2) is 4.89. The summed E-state index contributed by atoms with van der Waals surface area (Å²) in [6.45, 7) is 6.14. The third kappa shape index (κ3) is 3.16. The lowest BCUT2D eigenvalue weighted by atomic mass is 10.1. The van der Waals surface area contributed by atoms with Crippen molar-refractivity contribution >= 4 is 10.0 Å². The number of nitrogens with one attached hydrogen (secondary N) is 2. The predicted octanol–water partition coefficient (Wildman–Crippen LogP) is 2.04. The predicted molar refractivity (Wildman–Crippen MR) is 76.4 cm³/mol. The van der Waals surface area contributed by atoms with Crippen molar-refractivity contribution in [3.8, 4) is 0 Å². The Morgan fingerprint density at radius 3 is 2.53 bits per heavy atom. The van der Waals surface area contributed by atoms with Crippen molar-refractivity contribution < 1.29 is 8.42 Å². The van der Waals surface area contributed by atoms with Crippen LogP contribution >= 0.6 is 0 Å². The van der Waals surface area contributed by atoms with Crippen molar-refractivity contribution in [2.75, 3.05) is 7.05 Å². The van der Waals surface area contributed by atoms with Gasteiger partial charge in [0, 0.05) is 12.1 Å². The molecule has 2 atom stereocenters. The van der Waals surface area contributed by atoms with Crippen LogP contribution in [0.5, 0.6) is 0 Å². The molecule has 0 bridgehead atoms. The van der Waals surface area contributed by atoms with Gasteiger partial charge in [0.15, 0.2) is 0 Å². The Morgan fingerprint density at radius 2 is 2.00 bits per heavy atom. The minimum Gasteiger partial charge on any atom is -0.313 e. The summed E-state index contributed by atoms with van der Waals surface area (Å²) in [5, 5.41) is 3.11. The molecule has 19 heavy (non-hydrogen) atoms. The number of hydrogen-bond acceptors (Lipinski definition) is 3. The van der Waals surface area contributed by atoms with Gasteiger partial charge in [-0.05, 0) is 43.5 Å². The van der Waals surface area contributed by atoms with Crippen molar-refractivity contribution in [2.24, 2.45) is 5.41 Å². The molecule has 1 aliphatic rings. The number of rotatable bonds is 5. The average molecular weight is 282 g/mol. The maximum Gasteiger partial charge on any atom is 0.240 e. The van der Waals surface area contributed by atoms with E-state index in [1.165, 1.54) is 0 Å². The van der Waals surface area contributed by atoms with E-state index in [4.69, 9.17) is 0 Å². The van der Waals surface area contributed by atoms with Gasteiger partial charge in [-0.25, -0.2) is 13.1 Å².